The Morgan fingerprint density at radius 3 is 2.36 bits per heavy atom. The van der Waals surface area contributed by atoms with Crippen LogP contribution in [0.15, 0.2) is 66.9 Å². The SMILES string of the molecule is O=C(O)[C@H](Cc1c[nH]c2ccccc12)NC(=O)[C@@H]1C[C@@H](CCCN2C(=O)c3cccc4cccc(c34)C2=O)[C@H](P(=O)([O-])O)N1.[Na+]. The molecule has 1 unspecified atom stereocenters. The van der Waals surface area contributed by atoms with E-state index in [2.05, 4.69) is 15.6 Å². The van der Waals surface area contributed by atoms with Crippen molar-refractivity contribution in [3.8, 4) is 0 Å². The van der Waals surface area contributed by atoms with E-state index in [9.17, 15) is 38.6 Å². The van der Waals surface area contributed by atoms with Crippen molar-refractivity contribution in [3.05, 3.63) is 83.6 Å². The van der Waals surface area contributed by atoms with Gasteiger partial charge >= 0.3 is 35.5 Å². The van der Waals surface area contributed by atoms with Crippen molar-refractivity contribution in [1.29, 1.82) is 0 Å². The Kier molecular flexibility index (Phi) is 9.67. The number of aromatic amines is 1. The summed E-state index contributed by atoms with van der Waals surface area (Å²) in [6.07, 6.45) is 2.09. The third-order valence-electron chi connectivity index (χ3n) is 8.55. The predicted octanol–water partition coefficient (Wildman–Crippen LogP) is -0.637. The van der Waals surface area contributed by atoms with Crippen molar-refractivity contribution in [1.82, 2.24) is 20.5 Å². The van der Waals surface area contributed by atoms with Gasteiger partial charge in [-0.3, -0.25) is 24.6 Å². The van der Waals surface area contributed by atoms with Crippen LogP contribution in [-0.2, 0) is 20.6 Å². The van der Waals surface area contributed by atoms with Crippen LogP contribution in [0.3, 0.4) is 0 Å². The van der Waals surface area contributed by atoms with E-state index in [0.717, 1.165) is 21.2 Å². The predicted molar refractivity (Wildman–Crippen MR) is 159 cm³/mol. The van der Waals surface area contributed by atoms with Crippen molar-refractivity contribution in [3.63, 3.8) is 0 Å². The van der Waals surface area contributed by atoms with Crippen LogP contribution in [0.5, 0.6) is 0 Å². The second-order valence-electron chi connectivity index (χ2n) is 11.3. The Labute approximate surface area is 280 Å². The molecule has 228 valence electrons. The van der Waals surface area contributed by atoms with Gasteiger partial charge in [0.25, 0.3) is 11.8 Å². The van der Waals surface area contributed by atoms with E-state index < -0.39 is 55.1 Å². The molecule has 0 spiro atoms. The first-order valence-corrected chi connectivity index (χ1v) is 15.9. The first-order chi connectivity index (χ1) is 21.0. The number of hydrogen-bond acceptors (Lipinski definition) is 7. The molecule has 2 aliphatic heterocycles. The van der Waals surface area contributed by atoms with Gasteiger partial charge in [0.1, 0.15) is 13.6 Å². The molecular formula is C31H30N4NaO8P. The van der Waals surface area contributed by atoms with Gasteiger partial charge in [0, 0.05) is 46.6 Å². The number of nitrogens with zero attached hydrogens (tertiary/aromatic N) is 1. The maximum atomic E-state index is 13.2. The number of benzene rings is 3. The molecule has 0 radical (unpaired) electrons. The van der Waals surface area contributed by atoms with Crippen LogP contribution < -0.4 is 45.1 Å². The normalized spacial score (nSPS) is 21.4. The Hall–Kier alpha value is -3.35. The maximum Gasteiger partial charge on any atom is 1.00 e. The van der Waals surface area contributed by atoms with Crippen molar-refractivity contribution in [2.24, 2.45) is 5.92 Å². The number of aromatic nitrogens is 1. The van der Waals surface area contributed by atoms with Crippen molar-refractivity contribution >= 4 is 53.0 Å². The molecule has 3 amide bonds. The molecule has 5 atom stereocenters. The number of carbonyl (C=O) groups excluding carboxylic acids is 3. The summed E-state index contributed by atoms with van der Waals surface area (Å²) in [6.45, 7) is 0.0166. The summed E-state index contributed by atoms with van der Waals surface area (Å²) in [4.78, 5) is 78.0. The molecule has 0 bridgehead atoms. The van der Waals surface area contributed by atoms with Crippen LogP contribution in [0.1, 0.15) is 45.5 Å². The number of hydrogen-bond donors (Lipinski definition) is 5. The second-order valence-corrected chi connectivity index (χ2v) is 13.0. The summed E-state index contributed by atoms with van der Waals surface area (Å²) in [6, 6.07) is 15.5. The minimum absolute atomic E-state index is 0. The third kappa shape index (κ3) is 6.50. The first-order valence-electron chi connectivity index (χ1n) is 14.3. The summed E-state index contributed by atoms with van der Waals surface area (Å²) >= 11 is 0. The smallest absolute Gasteiger partial charge is 0.778 e. The molecule has 2 aliphatic rings. The van der Waals surface area contributed by atoms with Crippen LogP contribution in [0.25, 0.3) is 21.7 Å². The molecule has 4 aromatic rings. The van der Waals surface area contributed by atoms with Gasteiger partial charge in [-0.25, -0.2) is 4.79 Å². The van der Waals surface area contributed by atoms with Crippen LogP contribution in [0.2, 0.25) is 0 Å². The van der Waals surface area contributed by atoms with E-state index in [1.807, 2.05) is 36.4 Å². The Morgan fingerprint density at radius 1 is 1.04 bits per heavy atom. The monoisotopic (exact) mass is 640 g/mol. The van der Waals surface area contributed by atoms with Gasteiger partial charge in [0.05, 0.1) is 11.8 Å². The van der Waals surface area contributed by atoms with Crippen molar-refractivity contribution in [2.45, 2.75) is 43.5 Å². The van der Waals surface area contributed by atoms with Crippen molar-refractivity contribution in [2.75, 3.05) is 6.54 Å². The van der Waals surface area contributed by atoms with Crippen LogP contribution in [-0.4, -0.2) is 68.0 Å². The van der Waals surface area contributed by atoms with Crippen molar-refractivity contribution < 1.29 is 68.2 Å². The Balaban J connectivity index is 0.00000400. The van der Waals surface area contributed by atoms with Gasteiger partial charge in [0.2, 0.25) is 5.91 Å². The molecule has 3 aromatic carbocycles. The fourth-order valence-electron chi connectivity index (χ4n) is 6.45. The molecule has 1 fully saturated rings. The maximum absolute atomic E-state index is 13.2. The molecule has 0 saturated carbocycles. The minimum Gasteiger partial charge on any atom is -0.778 e. The van der Waals surface area contributed by atoms with E-state index in [4.69, 9.17) is 0 Å². The van der Waals surface area contributed by atoms with Gasteiger partial charge in [-0.1, -0.05) is 42.5 Å². The van der Waals surface area contributed by atoms with Gasteiger partial charge < -0.3 is 29.8 Å². The second kappa shape index (κ2) is 13.2. The average molecular weight is 641 g/mol. The standard InChI is InChI=1S/C31H31N4O8P.Na/c36-27(33-25(31(39)40)15-19-16-32-23-12-2-1-9-20(19)23)24-14-18(28(34-24)44(41,42)43)8-5-13-35-29(37)21-10-3-6-17-7-4-11-22(26(17)21)30(35)38;/h1-4,6-7,9-12,16,18,24-25,28,32,34H,5,8,13-15H2,(H,33,36)(H,39,40)(H2,41,42,43);/q;+1/p-1/t18-,24+,25+,28+;/m1./s1. The number of nitrogens with one attached hydrogen (secondary N) is 3. The number of H-pyrrole nitrogens is 1. The zero-order valence-corrected chi connectivity index (χ0v) is 27.3. The molecule has 14 heteroatoms. The number of aliphatic carboxylic acids is 1. The van der Waals surface area contributed by atoms with Crippen LogP contribution in [0.4, 0.5) is 0 Å². The average Bonchev–Trinajstić information content (AvgIpc) is 3.62. The number of carbonyl (C=O) groups is 4. The summed E-state index contributed by atoms with van der Waals surface area (Å²) in [5, 5.41) is 17.2. The first kappa shape index (κ1) is 33.0. The molecule has 5 N–H and O–H groups in total. The molecule has 45 heavy (non-hydrogen) atoms. The van der Waals surface area contributed by atoms with E-state index >= 15 is 0 Å². The van der Waals surface area contributed by atoms with E-state index in [1.165, 1.54) is 0 Å². The van der Waals surface area contributed by atoms with E-state index in [-0.39, 0.29) is 61.8 Å². The number of carboxylic acids is 1. The number of para-hydroxylation sites is 1. The summed E-state index contributed by atoms with van der Waals surface area (Å²) in [5.74, 6) is -5.00. The zero-order chi connectivity index (χ0) is 31.2. The number of rotatable bonds is 10. The van der Waals surface area contributed by atoms with Gasteiger partial charge in [-0.15, -0.1) is 0 Å². The summed E-state index contributed by atoms with van der Waals surface area (Å²) in [5.41, 5.74) is 2.35. The molecule has 6 rings (SSSR count). The van der Waals surface area contributed by atoms with Gasteiger partial charge in [0.15, 0.2) is 0 Å². The molecule has 1 aromatic heterocycles. The van der Waals surface area contributed by atoms with Crippen LogP contribution >= 0.6 is 7.60 Å². The van der Waals surface area contributed by atoms with Gasteiger partial charge in [-0.2, -0.15) is 0 Å². The number of fused-ring (bicyclic) bond motifs is 1. The van der Waals surface area contributed by atoms with E-state index in [1.54, 1.807) is 30.5 Å². The fraction of sp³-hybridized carbons (Fsp3) is 0.290. The molecule has 12 nitrogen and oxygen atoms in total. The zero-order valence-electron chi connectivity index (χ0n) is 24.4. The fourth-order valence-corrected chi connectivity index (χ4v) is 7.62. The topological polar surface area (TPSA) is 192 Å². The van der Waals surface area contributed by atoms with Gasteiger partial charge in [-0.05, 0) is 54.3 Å². The summed E-state index contributed by atoms with van der Waals surface area (Å²) < 4.78 is 12.3. The molecule has 1 saturated heterocycles. The molecular weight excluding hydrogens is 610 g/mol. The number of imide groups is 1. The minimum atomic E-state index is -4.95. The Morgan fingerprint density at radius 2 is 1.71 bits per heavy atom. The summed E-state index contributed by atoms with van der Waals surface area (Å²) in [7, 11) is -4.95. The number of amides is 3. The van der Waals surface area contributed by atoms with E-state index in [0.29, 0.717) is 22.1 Å². The number of carboxylic acid groups (broad SMARTS) is 1. The largest absolute Gasteiger partial charge is 1.00 e. The quantitative estimate of drug-likeness (QED) is 0.0853. The van der Waals surface area contributed by atoms with Crippen LogP contribution in [0, 0.1) is 5.92 Å². The molecule has 3 heterocycles. The Bertz CT molecular complexity index is 1800. The third-order valence-corrected chi connectivity index (χ3v) is 9.82. The molecule has 0 aliphatic carbocycles.